The van der Waals surface area contributed by atoms with Gasteiger partial charge in [0, 0.05) is 0 Å². The Morgan fingerprint density at radius 1 is 1.19 bits per heavy atom. The highest BCUT2D eigenvalue weighted by Gasteiger charge is 2.10. The van der Waals surface area contributed by atoms with E-state index in [0.29, 0.717) is 0 Å². The van der Waals surface area contributed by atoms with Crippen LogP contribution in [0.1, 0.15) is 42.5 Å². The van der Waals surface area contributed by atoms with Gasteiger partial charge in [0.15, 0.2) is 5.78 Å². The van der Waals surface area contributed by atoms with Gasteiger partial charge < -0.3 is 4.74 Å². The molecule has 0 aliphatic heterocycles. The van der Waals surface area contributed by atoms with Gasteiger partial charge in [0.05, 0.1) is 7.11 Å². The van der Waals surface area contributed by atoms with Crippen molar-refractivity contribution >= 4 is 5.78 Å². The molecule has 0 radical (unpaired) electrons. The van der Waals surface area contributed by atoms with Crippen molar-refractivity contribution in [2.75, 3.05) is 7.11 Å². The van der Waals surface area contributed by atoms with Crippen molar-refractivity contribution in [1.29, 1.82) is 0 Å². The molecule has 0 aromatic heterocycles. The topological polar surface area (TPSA) is 26.3 Å². The zero-order valence-electron chi connectivity index (χ0n) is 14.0. The Hall–Kier alpha value is -1.83. The van der Waals surface area contributed by atoms with E-state index in [0.717, 1.165) is 18.6 Å². The Kier molecular flexibility index (Phi) is 6.41. The van der Waals surface area contributed by atoms with Gasteiger partial charge in [-0.1, -0.05) is 17.7 Å². The van der Waals surface area contributed by atoms with E-state index >= 15 is 0 Å². The maximum absolute atomic E-state index is 10.9. The second-order valence-electron chi connectivity index (χ2n) is 5.61. The fraction of sp³-hybridized carbons (Fsp3) is 0.421. The van der Waals surface area contributed by atoms with Crippen molar-refractivity contribution in [2.24, 2.45) is 0 Å². The van der Waals surface area contributed by atoms with E-state index in [9.17, 15) is 4.79 Å². The molecular formula is C19H26O2. The van der Waals surface area contributed by atoms with Gasteiger partial charge in [-0.05, 0) is 81.9 Å². The monoisotopic (exact) mass is 286 g/mol. The van der Waals surface area contributed by atoms with Crippen LogP contribution < -0.4 is 4.74 Å². The Balaban J connectivity index is 2.85. The van der Waals surface area contributed by atoms with E-state index in [1.54, 1.807) is 20.1 Å². The number of ketones is 1. The van der Waals surface area contributed by atoms with Crippen molar-refractivity contribution in [3.63, 3.8) is 0 Å². The number of rotatable bonds is 6. The van der Waals surface area contributed by atoms with E-state index in [1.807, 2.05) is 12.2 Å². The average Bonchev–Trinajstić information content (AvgIpc) is 2.42. The van der Waals surface area contributed by atoms with Gasteiger partial charge in [-0.15, -0.1) is 0 Å². The number of carbonyl (C=O) groups is 1. The summed E-state index contributed by atoms with van der Waals surface area (Å²) in [6.07, 6.45) is 7.45. The molecule has 1 rings (SSSR count). The summed E-state index contributed by atoms with van der Waals surface area (Å²) in [6.45, 7) is 10.1. The normalized spacial score (nSPS) is 12.0. The van der Waals surface area contributed by atoms with Gasteiger partial charge in [-0.3, -0.25) is 4.79 Å². The fourth-order valence-corrected chi connectivity index (χ4v) is 2.45. The lowest BCUT2D eigenvalue weighted by atomic mass is 9.93. The molecule has 21 heavy (non-hydrogen) atoms. The van der Waals surface area contributed by atoms with Crippen LogP contribution in [0.5, 0.6) is 5.75 Å². The zero-order valence-corrected chi connectivity index (χ0v) is 14.0. The van der Waals surface area contributed by atoms with Crippen LogP contribution in [0.2, 0.25) is 0 Å². The molecule has 0 saturated heterocycles. The predicted octanol–water partition coefficient (Wildman–Crippen LogP) is 4.64. The molecule has 1 aromatic rings. The van der Waals surface area contributed by atoms with Crippen LogP contribution in [0.25, 0.3) is 0 Å². The molecular weight excluding hydrogens is 260 g/mol. The lowest BCUT2D eigenvalue weighted by molar-refractivity contribution is -0.112. The lowest BCUT2D eigenvalue weighted by Crippen LogP contribution is -2.00. The molecule has 0 N–H and O–H groups in total. The molecule has 2 nitrogen and oxygen atoms in total. The smallest absolute Gasteiger partial charge is 0.152 e. The second kappa shape index (κ2) is 7.82. The molecule has 2 heteroatoms. The summed E-state index contributed by atoms with van der Waals surface area (Å²) in [4.78, 5) is 10.9. The third kappa shape index (κ3) is 4.89. The molecule has 0 saturated carbocycles. The second-order valence-corrected chi connectivity index (χ2v) is 5.61. The summed E-state index contributed by atoms with van der Waals surface area (Å²) in [6, 6.07) is 2.12. The first-order valence-electron chi connectivity index (χ1n) is 7.34. The summed E-state index contributed by atoms with van der Waals surface area (Å²) in [5, 5.41) is 0. The summed E-state index contributed by atoms with van der Waals surface area (Å²) in [5.41, 5.74) is 6.49. The van der Waals surface area contributed by atoms with Crippen molar-refractivity contribution in [2.45, 2.75) is 47.5 Å². The van der Waals surface area contributed by atoms with Gasteiger partial charge >= 0.3 is 0 Å². The van der Waals surface area contributed by atoms with Crippen molar-refractivity contribution < 1.29 is 9.53 Å². The minimum Gasteiger partial charge on any atom is -0.496 e. The van der Waals surface area contributed by atoms with Gasteiger partial charge in [0.2, 0.25) is 0 Å². The number of carbonyl (C=O) groups excluding carboxylic acids is 1. The van der Waals surface area contributed by atoms with Crippen molar-refractivity contribution in [3.05, 3.63) is 52.1 Å². The predicted molar refractivity (Wildman–Crippen MR) is 89.1 cm³/mol. The number of hydrogen-bond acceptors (Lipinski definition) is 2. The highest BCUT2D eigenvalue weighted by Crippen LogP contribution is 2.28. The Labute approximate surface area is 128 Å². The van der Waals surface area contributed by atoms with Crippen LogP contribution in [-0.2, 0) is 11.2 Å². The number of allylic oxidation sites excluding steroid dienone is 4. The number of hydrogen-bond donors (Lipinski definition) is 0. The average molecular weight is 286 g/mol. The number of methoxy groups -OCH3 is 1. The van der Waals surface area contributed by atoms with Crippen LogP contribution in [0, 0.1) is 20.8 Å². The van der Waals surface area contributed by atoms with Crippen LogP contribution in [0.3, 0.4) is 0 Å². The summed E-state index contributed by atoms with van der Waals surface area (Å²) >= 11 is 0. The van der Waals surface area contributed by atoms with Crippen LogP contribution >= 0.6 is 0 Å². The van der Waals surface area contributed by atoms with Crippen molar-refractivity contribution in [1.82, 2.24) is 0 Å². The highest BCUT2D eigenvalue weighted by atomic mass is 16.5. The summed E-state index contributed by atoms with van der Waals surface area (Å²) in [7, 11) is 1.72. The molecule has 0 amide bonds. The quantitative estimate of drug-likeness (QED) is 0.562. The minimum absolute atomic E-state index is 0.0801. The molecule has 0 aliphatic rings. The number of ether oxygens (including phenoxy) is 1. The first-order valence-corrected chi connectivity index (χ1v) is 7.34. The first-order chi connectivity index (χ1) is 9.86. The minimum atomic E-state index is 0.0801. The summed E-state index contributed by atoms with van der Waals surface area (Å²) in [5.74, 6) is 1.04. The maximum Gasteiger partial charge on any atom is 0.152 e. The third-order valence-electron chi connectivity index (χ3n) is 3.91. The van der Waals surface area contributed by atoms with Crippen molar-refractivity contribution in [3.8, 4) is 5.75 Å². The molecule has 0 heterocycles. The molecule has 0 bridgehead atoms. The Morgan fingerprint density at radius 3 is 2.43 bits per heavy atom. The molecule has 0 atom stereocenters. The number of aryl methyl sites for hydroxylation is 1. The first kappa shape index (κ1) is 17.2. The van der Waals surface area contributed by atoms with Gasteiger partial charge in [0.1, 0.15) is 5.75 Å². The Bertz CT molecular complexity index is 578. The van der Waals surface area contributed by atoms with E-state index in [2.05, 4.69) is 33.8 Å². The molecule has 0 unspecified atom stereocenters. The van der Waals surface area contributed by atoms with E-state index in [-0.39, 0.29) is 5.78 Å². The van der Waals surface area contributed by atoms with Gasteiger partial charge in [-0.2, -0.15) is 0 Å². The molecule has 0 fully saturated rings. The van der Waals surface area contributed by atoms with Crippen LogP contribution in [0.15, 0.2) is 29.9 Å². The zero-order chi connectivity index (χ0) is 16.0. The van der Waals surface area contributed by atoms with E-state index < -0.39 is 0 Å². The standard InChI is InChI=1S/C19H26O2/c1-13(8-7-9-15(3)20)10-11-18-14(2)12-19(21-6)17(5)16(18)4/h7-9,12H,10-11H2,1-6H3/b9-7+,13-8+. The van der Waals surface area contributed by atoms with Gasteiger partial charge in [0.25, 0.3) is 0 Å². The largest absolute Gasteiger partial charge is 0.496 e. The molecule has 1 aromatic carbocycles. The molecule has 0 aliphatic carbocycles. The van der Waals surface area contributed by atoms with Gasteiger partial charge in [-0.25, -0.2) is 0 Å². The lowest BCUT2D eigenvalue weighted by Gasteiger charge is -2.16. The SMILES string of the molecule is COc1cc(C)c(CC/C(C)=C/C=C/C(C)=O)c(C)c1C. The van der Waals surface area contributed by atoms with E-state index in [4.69, 9.17) is 4.74 Å². The highest BCUT2D eigenvalue weighted by molar-refractivity contribution is 5.87. The summed E-state index contributed by atoms with van der Waals surface area (Å²) < 4.78 is 5.41. The van der Waals surface area contributed by atoms with E-state index in [1.165, 1.54) is 27.8 Å². The maximum atomic E-state index is 10.9. The molecule has 114 valence electrons. The fourth-order valence-electron chi connectivity index (χ4n) is 2.45. The number of benzene rings is 1. The molecule has 0 spiro atoms. The van der Waals surface area contributed by atoms with Crippen LogP contribution in [0.4, 0.5) is 0 Å². The van der Waals surface area contributed by atoms with Crippen LogP contribution in [-0.4, -0.2) is 12.9 Å². The Morgan fingerprint density at radius 2 is 1.86 bits per heavy atom. The third-order valence-corrected chi connectivity index (χ3v) is 3.91.